The van der Waals surface area contributed by atoms with Crippen LogP contribution in [0.15, 0.2) is 53.6 Å². The minimum atomic E-state index is -0.642. The van der Waals surface area contributed by atoms with E-state index in [2.05, 4.69) is 10.5 Å². The van der Waals surface area contributed by atoms with Gasteiger partial charge in [0.1, 0.15) is 0 Å². The number of para-hydroxylation sites is 1. The largest absolute Gasteiger partial charge is 0.502 e. The molecule has 0 saturated carbocycles. The van der Waals surface area contributed by atoms with Gasteiger partial charge >= 0.3 is 5.69 Å². The number of nitrogens with one attached hydrogen (secondary N) is 1. The maximum absolute atomic E-state index is 10.7. The predicted octanol–water partition coefficient (Wildman–Crippen LogP) is 2.75. The zero-order valence-corrected chi connectivity index (χ0v) is 9.85. The van der Waals surface area contributed by atoms with Gasteiger partial charge in [0.15, 0.2) is 5.75 Å². The Morgan fingerprint density at radius 2 is 1.95 bits per heavy atom. The Labute approximate surface area is 109 Å². The molecule has 19 heavy (non-hydrogen) atoms. The van der Waals surface area contributed by atoms with E-state index in [0.717, 1.165) is 5.69 Å². The van der Waals surface area contributed by atoms with Crippen LogP contribution in [0.3, 0.4) is 0 Å². The highest BCUT2D eigenvalue weighted by molar-refractivity contribution is 5.82. The van der Waals surface area contributed by atoms with E-state index in [1.807, 2.05) is 30.3 Å². The third-order valence-corrected chi connectivity index (χ3v) is 2.38. The molecule has 2 aromatic carbocycles. The van der Waals surface area contributed by atoms with E-state index in [1.165, 1.54) is 18.3 Å². The number of nitro groups is 1. The highest BCUT2D eigenvalue weighted by Gasteiger charge is 2.12. The van der Waals surface area contributed by atoms with E-state index >= 15 is 0 Å². The van der Waals surface area contributed by atoms with E-state index in [-0.39, 0.29) is 11.4 Å². The van der Waals surface area contributed by atoms with Crippen molar-refractivity contribution in [2.24, 2.45) is 5.10 Å². The molecule has 0 spiro atoms. The van der Waals surface area contributed by atoms with Crippen molar-refractivity contribution < 1.29 is 10.0 Å². The molecular weight excluding hydrogens is 246 g/mol. The number of aromatic hydroxyl groups is 1. The Kier molecular flexibility index (Phi) is 3.72. The first-order chi connectivity index (χ1) is 9.16. The van der Waals surface area contributed by atoms with Crippen molar-refractivity contribution in [2.45, 2.75) is 0 Å². The zero-order valence-electron chi connectivity index (χ0n) is 9.85. The Balaban J connectivity index is 2.11. The normalized spacial score (nSPS) is 10.5. The van der Waals surface area contributed by atoms with Gasteiger partial charge in [-0.15, -0.1) is 0 Å². The molecule has 0 atom stereocenters. The summed E-state index contributed by atoms with van der Waals surface area (Å²) in [6.07, 6.45) is 1.44. The third kappa shape index (κ3) is 3.29. The first-order valence-corrected chi connectivity index (χ1v) is 5.48. The van der Waals surface area contributed by atoms with E-state index < -0.39 is 4.92 Å². The molecule has 0 fully saturated rings. The van der Waals surface area contributed by atoms with Crippen LogP contribution in [0.1, 0.15) is 5.56 Å². The molecule has 2 rings (SSSR count). The fraction of sp³-hybridized carbons (Fsp3) is 0. The summed E-state index contributed by atoms with van der Waals surface area (Å²) in [5.74, 6) is -0.363. The minimum absolute atomic E-state index is 0.344. The second-order valence-corrected chi connectivity index (χ2v) is 3.74. The Morgan fingerprint density at radius 3 is 2.63 bits per heavy atom. The molecule has 0 radical (unpaired) electrons. The monoisotopic (exact) mass is 257 g/mol. The van der Waals surface area contributed by atoms with Crippen LogP contribution in [0.4, 0.5) is 11.4 Å². The SMILES string of the molecule is O=[N+]([O-])c1cc(/C=N\Nc2ccccc2)ccc1O. The molecule has 0 bridgehead atoms. The average molecular weight is 257 g/mol. The number of hydrazone groups is 1. The molecule has 0 saturated heterocycles. The van der Waals surface area contributed by atoms with E-state index in [4.69, 9.17) is 0 Å². The van der Waals surface area contributed by atoms with Crippen LogP contribution in [-0.4, -0.2) is 16.2 Å². The lowest BCUT2D eigenvalue weighted by atomic mass is 10.2. The number of hydrogen-bond donors (Lipinski definition) is 2. The van der Waals surface area contributed by atoms with Gasteiger partial charge in [-0.3, -0.25) is 15.5 Å². The van der Waals surface area contributed by atoms with Gasteiger partial charge in [0.25, 0.3) is 0 Å². The standard InChI is InChI=1S/C13H11N3O3/c17-13-7-6-10(8-12(13)16(18)19)9-14-15-11-4-2-1-3-5-11/h1-9,15,17H/b14-9-. The van der Waals surface area contributed by atoms with Gasteiger partial charge in [-0.05, 0) is 24.3 Å². The fourth-order valence-electron chi connectivity index (χ4n) is 1.46. The average Bonchev–Trinajstić information content (AvgIpc) is 2.41. The zero-order chi connectivity index (χ0) is 13.7. The lowest BCUT2D eigenvalue weighted by Crippen LogP contribution is -1.93. The smallest absolute Gasteiger partial charge is 0.311 e. The third-order valence-electron chi connectivity index (χ3n) is 2.38. The lowest BCUT2D eigenvalue weighted by molar-refractivity contribution is -0.385. The summed E-state index contributed by atoms with van der Waals surface area (Å²) in [5, 5.41) is 23.9. The van der Waals surface area contributed by atoms with Crippen LogP contribution in [0.2, 0.25) is 0 Å². The number of hydrogen-bond acceptors (Lipinski definition) is 5. The second-order valence-electron chi connectivity index (χ2n) is 3.74. The molecule has 0 unspecified atom stereocenters. The van der Waals surface area contributed by atoms with Crippen LogP contribution in [-0.2, 0) is 0 Å². The fourth-order valence-corrected chi connectivity index (χ4v) is 1.46. The summed E-state index contributed by atoms with van der Waals surface area (Å²) >= 11 is 0. The molecule has 6 nitrogen and oxygen atoms in total. The molecule has 0 aliphatic heterocycles. The number of phenols is 1. The van der Waals surface area contributed by atoms with E-state index in [0.29, 0.717) is 5.56 Å². The van der Waals surface area contributed by atoms with Crippen molar-refractivity contribution in [1.29, 1.82) is 0 Å². The van der Waals surface area contributed by atoms with Gasteiger partial charge in [0.2, 0.25) is 0 Å². The van der Waals surface area contributed by atoms with Gasteiger partial charge < -0.3 is 5.11 Å². The van der Waals surface area contributed by atoms with Crippen LogP contribution in [0, 0.1) is 10.1 Å². The number of nitro benzene ring substituents is 1. The van der Waals surface area contributed by atoms with Gasteiger partial charge in [0.05, 0.1) is 16.8 Å². The molecular formula is C13H11N3O3. The molecule has 96 valence electrons. The first-order valence-electron chi connectivity index (χ1n) is 5.48. The number of benzene rings is 2. The molecule has 0 aliphatic rings. The summed E-state index contributed by atoms with van der Waals surface area (Å²) in [4.78, 5) is 10.0. The summed E-state index contributed by atoms with van der Waals surface area (Å²) in [7, 11) is 0. The van der Waals surface area contributed by atoms with Gasteiger partial charge in [0, 0.05) is 11.6 Å². The quantitative estimate of drug-likeness (QED) is 0.500. The highest BCUT2D eigenvalue weighted by atomic mass is 16.6. The van der Waals surface area contributed by atoms with E-state index in [9.17, 15) is 15.2 Å². The van der Waals surface area contributed by atoms with Crippen LogP contribution >= 0.6 is 0 Å². The van der Waals surface area contributed by atoms with Crippen molar-refractivity contribution in [1.82, 2.24) is 0 Å². The number of nitrogens with zero attached hydrogens (tertiary/aromatic N) is 2. The number of rotatable bonds is 4. The molecule has 0 aromatic heterocycles. The highest BCUT2D eigenvalue weighted by Crippen LogP contribution is 2.25. The maximum Gasteiger partial charge on any atom is 0.311 e. The van der Waals surface area contributed by atoms with Crippen LogP contribution in [0.5, 0.6) is 5.75 Å². The van der Waals surface area contributed by atoms with Gasteiger partial charge in [-0.25, -0.2) is 0 Å². The van der Waals surface area contributed by atoms with Gasteiger partial charge in [-0.2, -0.15) is 5.10 Å². The summed E-state index contributed by atoms with van der Waals surface area (Å²) < 4.78 is 0. The Bertz CT molecular complexity index is 612. The Morgan fingerprint density at radius 1 is 1.21 bits per heavy atom. The van der Waals surface area contributed by atoms with Crippen molar-refractivity contribution in [3.8, 4) is 5.75 Å². The van der Waals surface area contributed by atoms with Crippen LogP contribution in [0.25, 0.3) is 0 Å². The summed E-state index contributed by atoms with van der Waals surface area (Å²) in [6, 6.07) is 13.4. The summed E-state index contributed by atoms with van der Waals surface area (Å²) in [5.41, 5.74) is 3.78. The summed E-state index contributed by atoms with van der Waals surface area (Å²) in [6.45, 7) is 0. The number of anilines is 1. The van der Waals surface area contributed by atoms with Crippen molar-refractivity contribution in [3.05, 3.63) is 64.2 Å². The molecule has 0 aliphatic carbocycles. The lowest BCUT2D eigenvalue weighted by Gasteiger charge is -1.99. The molecule has 0 amide bonds. The minimum Gasteiger partial charge on any atom is -0.502 e. The van der Waals surface area contributed by atoms with E-state index in [1.54, 1.807) is 6.07 Å². The van der Waals surface area contributed by atoms with Crippen molar-refractivity contribution in [3.63, 3.8) is 0 Å². The second kappa shape index (κ2) is 5.63. The number of phenolic OH excluding ortho intramolecular Hbond substituents is 1. The van der Waals surface area contributed by atoms with Gasteiger partial charge in [-0.1, -0.05) is 18.2 Å². The molecule has 2 aromatic rings. The molecule has 6 heteroatoms. The first kappa shape index (κ1) is 12.6. The molecule has 2 N–H and O–H groups in total. The van der Waals surface area contributed by atoms with Crippen LogP contribution < -0.4 is 5.43 Å². The maximum atomic E-state index is 10.7. The molecule has 0 heterocycles. The Hall–Kier alpha value is -2.89. The predicted molar refractivity (Wildman–Crippen MR) is 72.4 cm³/mol. The topological polar surface area (TPSA) is 87.8 Å². The van der Waals surface area contributed by atoms with Crippen molar-refractivity contribution >= 4 is 17.6 Å². The van der Waals surface area contributed by atoms with Crippen molar-refractivity contribution in [2.75, 3.05) is 5.43 Å².